The number of hydrogen-bond acceptors (Lipinski definition) is 4. The van der Waals surface area contributed by atoms with Crippen molar-refractivity contribution in [1.82, 2.24) is 0 Å². The van der Waals surface area contributed by atoms with Crippen molar-refractivity contribution in [3.05, 3.63) is 34.9 Å². The highest BCUT2D eigenvalue weighted by Crippen LogP contribution is 2.22. The Morgan fingerprint density at radius 1 is 1.39 bits per heavy atom. The number of ether oxygens (including phenoxy) is 1. The summed E-state index contributed by atoms with van der Waals surface area (Å²) >= 11 is 0. The van der Waals surface area contributed by atoms with E-state index in [4.69, 9.17) is 15.3 Å². The van der Waals surface area contributed by atoms with Gasteiger partial charge in [-0.05, 0) is 37.6 Å². The van der Waals surface area contributed by atoms with E-state index in [0.29, 0.717) is 16.9 Å². The monoisotopic (exact) mass is 242 g/mol. The molecule has 92 valence electrons. The molecule has 4 nitrogen and oxygen atoms in total. The SMILES string of the molecule is CC(C)Oc1ccc(C=C(C#N)C#N)cc1CO. The minimum atomic E-state index is -0.155. The highest BCUT2D eigenvalue weighted by atomic mass is 16.5. The summed E-state index contributed by atoms with van der Waals surface area (Å²) in [5.74, 6) is 0.611. The van der Waals surface area contributed by atoms with Gasteiger partial charge in [0.2, 0.25) is 0 Å². The van der Waals surface area contributed by atoms with E-state index < -0.39 is 0 Å². The molecule has 0 spiro atoms. The maximum atomic E-state index is 9.27. The third-order valence-corrected chi connectivity index (χ3v) is 2.17. The van der Waals surface area contributed by atoms with E-state index in [1.165, 1.54) is 6.08 Å². The molecule has 1 aromatic carbocycles. The lowest BCUT2D eigenvalue weighted by Crippen LogP contribution is -2.07. The van der Waals surface area contributed by atoms with Crippen LogP contribution in [-0.2, 0) is 6.61 Å². The zero-order valence-electron chi connectivity index (χ0n) is 10.3. The Labute approximate surface area is 106 Å². The van der Waals surface area contributed by atoms with Crippen LogP contribution >= 0.6 is 0 Å². The van der Waals surface area contributed by atoms with Crippen LogP contribution in [0.15, 0.2) is 23.8 Å². The van der Waals surface area contributed by atoms with Gasteiger partial charge in [-0.3, -0.25) is 0 Å². The van der Waals surface area contributed by atoms with Gasteiger partial charge >= 0.3 is 0 Å². The first-order chi connectivity index (χ1) is 8.60. The Balaban J connectivity index is 3.11. The van der Waals surface area contributed by atoms with Crippen LogP contribution in [0.4, 0.5) is 0 Å². The summed E-state index contributed by atoms with van der Waals surface area (Å²) in [5.41, 5.74) is 1.34. The molecule has 0 aromatic heterocycles. The standard InChI is InChI=1S/C14H14N2O2/c1-10(2)18-14-4-3-11(6-13(14)9-17)5-12(7-15)8-16/h3-6,10,17H,9H2,1-2H3. The van der Waals surface area contributed by atoms with Gasteiger partial charge < -0.3 is 9.84 Å². The first-order valence-corrected chi connectivity index (χ1v) is 5.53. The Morgan fingerprint density at radius 2 is 2.06 bits per heavy atom. The van der Waals surface area contributed by atoms with Crippen LogP contribution in [0.1, 0.15) is 25.0 Å². The predicted molar refractivity (Wildman–Crippen MR) is 67.3 cm³/mol. The van der Waals surface area contributed by atoms with E-state index in [-0.39, 0.29) is 18.3 Å². The average molecular weight is 242 g/mol. The number of hydrogen-bond donors (Lipinski definition) is 1. The van der Waals surface area contributed by atoms with Gasteiger partial charge in [-0.15, -0.1) is 0 Å². The second kappa shape index (κ2) is 6.44. The summed E-state index contributed by atoms with van der Waals surface area (Å²) in [7, 11) is 0. The molecule has 0 aliphatic carbocycles. The first-order valence-electron chi connectivity index (χ1n) is 5.53. The maximum absolute atomic E-state index is 9.27. The Morgan fingerprint density at radius 3 is 2.56 bits per heavy atom. The van der Waals surface area contributed by atoms with Gasteiger partial charge in [0.1, 0.15) is 23.5 Å². The molecule has 18 heavy (non-hydrogen) atoms. The molecule has 0 saturated heterocycles. The summed E-state index contributed by atoms with van der Waals surface area (Å²) < 4.78 is 5.54. The highest BCUT2D eigenvalue weighted by molar-refractivity contribution is 5.63. The molecule has 0 aliphatic heterocycles. The number of nitriles is 2. The zero-order chi connectivity index (χ0) is 13.5. The van der Waals surface area contributed by atoms with Crippen molar-refractivity contribution in [3.63, 3.8) is 0 Å². The van der Waals surface area contributed by atoms with Gasteiger partial charge in [-0.1, -0.05) is 6.07 Å². The molecule has 0 heterocycles. The molecular formula is C14H14N2O2. The molecule has 0 radical (unpaired) electrons. The fraction of sp³-hybridized carbons (Fsp3) is 0.286. The molecule has 1 N–H and O–H groups in total. The molecule has 0 amide bonds. The molecule has 4 heteroatoms. The largest absolute Gasteiger partial charge is 0.491 e. The number of rotatable bonds is 4. The predicted octanol–water partition coefficient (Wildman–Crippen LogP) is 2.40. The van der Waals surface area contributed by atoms with Gasteiger partial charge in [-0.2, -0.15) is 10.5 Å². The van der Waals surface area contributed by atoms with Crippen LogP contribution in [0.2, 0.25) is 0 Å². The average Bonchev–Trinajstić information content (AvgIpc) is 2.36. The lowest BCUT2D eigenvalue weighted by atomic mass is 10.1. The summed E-state index contributed by atoms with van der Waals surface area (Å²) in [5, 5.41) is 26.6. The molecule has 1 aromatic rings. The normalized spacial score (nSPS) is 9.44. The van der Waals surface area contributed by atoms with E-state index in [2.05, 4.69) is 0 Å². The van der Waals surface area contributed by atoms with Crippen molar-refractivity contribution in [2.24, 2.45) is 0 Å². The molecule has 0 unspecified atom stereocenters. The molecule has 0 fully saturated rings. The Bertz CT molecular complexity index is 518. The van der Waals surface area contributed by atoms with Crippen LogP contribution in [-0.4, -0.2) is 11.2 Å². The minimum Gasteiger partial charge on any atom is -0.491 e. The fourth-order valence-electron chi connectivity index (χ4n) is 1.44. The molecule has 0 atom stereocenters. The number of allylic oxidation sites excluding steroid dienone is 1. The third-order valence-electron chi connectivity index (χ3n) is 2.17. The van der Waals surface area contributed by atoms with Crippen molar-refractivity contribution in [3.8, 4) is 17.9 Å². The number of aliphatic hydroxyl groups excluding tert-OH is 1. The van der Waals surface area contributed by atoms with Gasteiger partial charge in [0.25, 0.3) is 0 Å². The van der Waals surface area contributed by atoms with E-state index >= 15 is 0 Å². The van der Waals surface area contributed by atoms with Gasteiger partial charge in [-0.25, -0.2) is 0 Å². The van der Waals surface area contributed by atoms with Crippen molar-refractivity contribution in [2.75, 3.05) is 0 Å². The number of aliphatic hydroxyl groups is 1. The minimum absolute atomic E-state index is 0.0190. The summed E-state index contributed by atoms with van der Waals surface area (Å²) in [6, 6.07) is 8.75. The van der Waals surface area contributed by atoms with E-state index in [9.17, 15) is 5.11 Å². The lowest BCUT2D eigenvalue weighted by Gasteiger charge is -2.13. The quantitative estimate of drug-likeness (QED) is 0.822. The highest BCUT2D eigenvalue weighted by Gasteiger charge is 2.06. The van der Waals surface area contributed by atoms with Crippen LogP contribution in [0.5, 0.6) is 5.75 Å². The molecule has 1 rings (SSSR count). The Kier molecular flexibility index (Phi) is 4.92. The fourth-order valence-corrected chi connectivity index (χ4v) is 1.44. The second-order valence-corrected chi connectivity index (χ2v) is 3.97. The van der Waals surface area contributed by atoms with Crippen LogP contribution < -0.4 is 4.74 Å². The van der Waals surface area contributed by atoms with E-state index in [1.807, 2.05) is 13.8 Å². The van der Waals surface area contributed by atoms with Crippen LogP contribution in [0, 0.1) is 22.7 Å². The van der Waals surface area contributed by atoms with Crippen LogP contribution in [0.25, 0.3) is 6.08 Å². The zero-order valence-corrected chi connectivity index (χ0v) is 10.3. The third kappa shape index (κ3) is 3.62. The van der Waals surface area contributed by atoms with E-state index in [1.54, 1.807) is 30.3 Å². The van der Waals surface area contributed by atoms with Crippen molar-refractivity contribution in [2.45, 2.75) is 26.6 Å². The van der Waals surface area contributed by atoms with Gasteiger partial charge in [0, 0.05) is 5.56 Å². The second-order valence-electron chi connectivity index (χ2n) is 3.97. The van der Waals surface area contributed by atoms with Crippen molar-refractivity contribution in [1.29, 1.82) is 10.5 Å². The summed E-state index contributed by atoms with van der Waals surface area (Å²) in [6.07, 6.45) is 1.49. The summed E-state index contributed by atoms with van der Waals surface area (Å²) in [4.78, 5) is 0. The van der Waals surface area contributed by atoms with Gasteiger partial charge in [0.05, 0.1) is 12.7 Å². The number of benzene rings is 1. The lowest BCUT2D eigenvalue weighted by molar-refractivity contribution is 0.225. The number of nitrogens with zero attached hydrogens (tertiary/aromatic N) is 2. The van der Waals surface area contributed by atoms with E-state index in [0.717, 1.165) is 0 Å². The molecular weight excluding hydrogens is 228 g/mol. The Hall–Kier alpha value is -2.30. The summed E-state index contributed by atoms with van der Waals surface area (Å²) in [6.45, 7) is 3.65. The van der Waals surface area contributed by atoms with Crippen LogP contribution in [0.3, 0.4) is 0 Å². The smallest absolute Gasteiger partial charge is 0.130 e. The topological polar surface area (TPSA) is 77.0 Å². The molecule has 0 aliphatic rings. The van der Waals surface area contributed by atoms with Gasteiger partial charge in [0.15, 0.2) is 0 Å². The first kappa shape index (κ1) is 13.8. The maximum Gasteiger partial charge on any atom is 0.130 e. The molecule has 0 bridgehead atoms. The van der Waals surface area contributed by atoms with Crippen molar-refractivity contribution < 1.29 is 9.84 Å². The van der Waals surface area contributed by atoms with Crippen molar-refractivity contribution >= 4 is 6.08 Å². The molecule has 0 saturated carbocycles.